The van der Waals surface area contributed by atoms with Gasteiger partial charge in [-0.3, -0.25) is 4.79 Å². The first kappa shape index (κ1) is 10.4. The van der Waals surface area contributed by atoms with Gasteiger partial charge < -0.3 is 10.1 Å². The van der Waals surface area contributed by atoms with Gasteiger partial charge in [-0.25, -0.2) is 4.39 Å². The van der Waals surface area contributed by atoms with E-state index in [1.54, 1.807) is 6.92 Å². The van der Waals surface area contributed by atoms with E-state index in [1.165, 1.54) is 0 Å². The predicted octanol–water partition coefficient (Wildman–Crippen LogP) is -0.137. The summed E-state index contributed by atoms with van der Waals surface area (Å²) in [5.74, 6) is -0.367. The van der Waals surface area contributed by atoms with Crippen LogP contribution in [0.25, 0.3) is 0 Å². The van der Waals surface area contributed by atoms with Crippen molar-refractivity contribution in [2.75, 3.05) is 26.4 Å². The molecular formula is C9H17FNO2+. The largest absolute Gasteiger partial charge is 0.465 e. The third-order valence-electron chi connectivity index (χ3n) is 2.56. The van der Waals surface area contributed by atoms with Crippen molar-refractivity contribution in [2.45, 2.75) is 19.8 Å². The van der Waals surface area contributed by atoms with E-state index >= 15 is 0 Å². The normalized spacial score (nSPS) is 28.5. The molecule has 0 bridgehead atoms. The summed E-state index contributed by atoms with van der Waals surface area (Å²) in [5, 5.41) is 1.99. The van der Waals surface area contributed by atoms with Gasteiger partial charge in [0.2, 0.25) is 0 Å². The highest BCUT2D eigenvalue weighted by Crippen LogP contribution is 2.26. The van der Waals surface area contributed by atoms with Crippen LogP contribution in [0.4, 0.5) is 4.39 Å². The highest BCUT2D eigenvalue weighted by Gasteiger charge is 2.43. The molecule has 0 amide bonds. The Morgan fingerprint density at radius 2 is 2.46 bits per heavy atom. The van der Waals surface area contributed by atoms with E-state index in [-0.39, 0.29) is 5.97 Å². The van der Waals surface area contributed by atoms with E-state index in [0.717, 1.165) is 13.0 Å². The molecule has 1 atom stereocenters. The average molecular weight is 190 g/mol. The minimum atomic E-state index is -0.853. The van der Waals surface area contributed by atoms with Crippen molar-refractivity contribution >= 4 is 5.97 Å². The summed E-state index contributed by atoms with van der Waals surface area (Å²) in [6.45, 7) is 3.00. The van der Waals surface area contributed by atoms with Gasteiger partial charge in [0.15, 0.2) is 0 Å². The van der Waals surface area contributed by atoms with E-state index in [4.69, 9.17) is 4.74 Å². The van der Waals surface area contributed by atoms with Gasteiger partial charge in [0.1, 0.15) is 12.1 Å². The molecule has 4 heteroatoms. The molecule has 1 saturated heterocycles. The van der Waals surface area contributed by atoms with Gasteiger partial charge >= 0.3 is 5.97 Å². The van der Waals surface area contributed by atoms with Crippen molar-refractivity contribution in [3.05, 3.63) is 0 Å². The van der Waals surface area contributed by atoms with Crippen molar-refractivity contribution in [3.8, 4) is 0 Å². The fraction of sp³-hybridized carbons (Fsp3) is 0.889. The van der Waals surface area contributed by atoms with Gasteiger partial charge in [0.05, 0.1) is 19.7 Å². The van der Waals surface area contributed by atoms with Crippen LogP contribution >= 0.6 is 0 Å². The fourth-order valence-electron chi connectivity index (χ4n) is 1.71. The maximum absolute atomic E-state index is 12.8. The zero-order valence-electron chi connectivity index (χ0n) is 8.01. The number of halogens is 1. The second-order valence-corrected chi connectivity index (χ2v) is 3.52. The summed E-state index contributed by atoms with van der Waals surface area (Å²) in [7, 11) is 0. The molecule has 1 heterocycles. The van der Waals surface area contributed by atoms with Crippen LogP contribution in [0, 0.1) is 5.41 Å². The number of hydrogen-bond acceptors (Lipinski definition) is 2. The number of piperidine rings is 1. The molecule has 1 unspecified atom stereocenters. The molecule has 0 radical (unpaired) electrons. The number of esters is 1. The number of carbonyl (C=O) groups is 1. The van der Waals surface area contributed by atoms with Crippen LogP contribution in [0.1, 0.15) is 19.8 Å². The Hall–Kier alpha value is -0.640. The third-order valence-corrected chi connectivity index (χ3v) is 2.56. The van der Waals surface area contributed by atoms with E-state index in [9.17, 15) is 9.18 Å². The molecule has 1 aliphatic heterocycles. The fourth-order valence-corrected chi connectivity index (χ4v) is 1.71. The van der Waals surface area contributed by atoms with Gasteiger partial charge in [0.25, 0.3) is 0 Å². The highest BCUT2D eigenvalue weighted by atomic mass is 19.1. The number of alkyl halides is 1. The number of rotatable bonds is 3. The zero-order chi connectivity index (χ0) is 9.73. The molecule has 2 N–H and O–H groups in total. The quantitative estimate of drug-likeness (QED) is 0.630. The summed E-state index contributed by atoms with van der Waals surface area (Å²) < 4.78 is 17.7. The van der Waals surface area contributed by atoms with Crippen molar-refractivity contribution in [1.82, 2.24) is 0 Å². The molecule has 13 heavy (non-hydrogen) atoms. The van der Waals surface area contributed by atoms with Gasteiger partial charge in [0, 0.05) is 0 Å². The molecule has 1 aliphatic rings. The Balaban J connectivity index is 2.61. The molecule has 0 aromatic rings. The van der Waals surface area contributed by atoms with Crippen molar-refractivity contribution in [3.63, 3.8) is 0 Å². The molecule has 0 spiro atoms. The van der Waals surface area contributed by atoms with Crippen LogP contribution in [0.5, 0.6) is 0 Å². The van der Waals surface area contributed by atoms with Crippen molar-refractivity contribution < 1.29 is 19.2 Å². The number of carbonyl (C=O) groups excluding carboxylic acids is 1. The molecule has 1 fully saturated rings. The lowest BCUT2D eigenvalue weighted by Gasteiger charge is -2.29. The standard InChI is InChI=1S/C9H16FNO2/c1-2-13-8(12)9(6-10)4-3-5-11-7-9/h11H,2-7H2,1H3/p+1. The van der Waals surface area contributed by atoms with E-state index in [0.29, 0.717) is 19.6 Å². The smallest absolute Gasteiger partial charge is 0.320 e. The molecule has 1 rings (SSSR count). The molecule has 0 saturated carbocycles. The van der Waals surface area contributed by atoms with E-state index in [2.05, 4.69) is 0 Å². The van der Waals surface area contributed by atoms with Crippen LogP contribution in [0.3, 0.4) is 0 Å². The summed E-state index contributed by atoms with van der Waals surface area (Å²) >= 11 is 0. The molecule has 0 aliphatic carbocycles. The first-order valence-electron chi connectivity index (χ1n) is 4.80. The highest BCUT2D eigenvalue weighted by molar-refractivity contribution is 5.77. The van der Waals surface area contributed by atoms with Crippen LogP contribution in [-0.2, 0) is 9.53 Å². The van der Waals surface area contributed by atoms with Gasteiger partial charge in [-0.05, 0) is 19.8 Å². The molecule has 0 aromatic carbocycles. The average Bonchev–Trinajstić information content (AvgIpc) is 2.19. The Kier molecular flexibility index (Phi) is 3.66. The summed E-state index contributed by atoms with van der Waals surface area (Å²) in [6.07, 6.45) is 1.52. The predicted molar refractivity (Wildman–Crippen MR) is 45.9 cm³/mol. The maximum Gasteiger partial charge on any atom is 0.320 e. The van der Waals surface area contributed by atoms with Crippen molar-refractivity contribution in [1.29, 1.82) is 0 Å². The lowest BCUT2D eigenvalue weighted by atomic mass is 9.82. The van der Waals surface area contributed by atoms with Crippen LogP contribution in [0.15, 0.2) is 0 Å². The minimum Gasteiger partial charge on any atom is -0.465 e. The van der Waals surface area contributed by atoms with E-state index < -0.39 is 12.1 Å². The number of quaternary nitrogens is 1. The number of nitrogens with two attached hydrogens (primary N) is 1. The third kappa shape index (κ3) is 2.18. The minimum absolute atomic E-state index is 0.334. The monoisotopic (exact) mass is 190 g/mol. The zero-order valence-corrected chi connectivity index (χ0v) is 8.01. The SMILES string of the molecule is CCOC(=O)C1(CF)CCC[NH2+]C1. The van der Waals surface area contributed by atoms with Crippen LogP contribution in [-0.4, -0.2) is 32.3 Å². The lowest BCUT2D eigenvalue weighted by molar-refractivity contribution is -0.673. The second-order valence-electron chi connectivity index (χ2n) is 3.52. The van der Waals surface area contributed by atoms with Crippen LogP contribution < -0.4 is 5.32 Å². The Labute approximate surface area is 77.6 Å². The lowest BCUT2D eigenvalue weighted by Crippen LogP contribution is -2.90. The molecular weight excluding hydrogens is 173 g/mol. The second kappa shape index (κ2) is 4.56. The molecule has 0 aromatic heterocycles. The Morgan fingerprint density at radius 1 is 1.69 bits per heavy atom. The Morgan fingerprint density at radius 3 is 2.92 bits per heavy atom. The Bertz CT molecular complexity index is 178. The van der Waals surface area contributed by atoms with Crippen LogP contribution in [0.2, 0.25) is 0 Å². The first-order chi connectivity index (χ1) is 6.25. The topological polar surface area (TPSA) is 42.9 Å². The van der Waals surface area contributed by atoms with Gasteiger partial charge in [-0.1, -0.05) is 0 Å². The first-order valence-corrected chi connectivity index (χ1v) is 4.80. The van der Waals surface area contributed by atoms with E-state index in [1.807, 2.05) is 5.32 Å². The molecule has 76 valence electrons. The summed E-state index contributed by atoms with van der Waals surface area (Å²) in [6, 6.07) is 0. The summed E-state index contributed by atoms with van der Waals surface area (Å²) in [4.78, 5) is 11.5. The van der Waals surface area contributed by atoms with Crippen molar-refractivity contribution in [2.24, 2.45) is 5.41 Å². The summed E-state index contributed by atoms with van der Waals surface area (Å²) in [5.41, 5.74) is -0.853. The number of hydrogen-bond donors (Lipinski definition) is 1. The number of ether oxygens (including phenoxy) is 1. The maximum atomic E-state index is 12.8. The van der Waals surface area contributed by atoms with Gasteiger partial charge in [-0.2, -0.15) is 0 Å². The molecule has 3 nitrogen and oxygen atoms in total. The van der Waals surface area contributed by atoms with Gasteiger partial charge in [-0.15, -0.1) is 0 Å².